The van der Waals surface area contributed by atoms with Gasteiger partial charge in [0.05, 0.1) is 63.3 Å². The number of benzene rings is 9. The quantitative estimate of drug-likeness (QED) is 0.0399. The van der Waals surface area contributed by atoms with Crippen LogP contribution in [0.1, 0.15) is 54.3 Å². The number of aryl methyl sites for hydroxylation is 2. The highest BCUT2D eigenvalue weighted by Gasteiger charge is 2.41. The number of carbonyl (C=O) groups is 4. The topological polar surface area (TPSA) is 184 Å². The van der Waals surface area contributed by atoms with Crippen LogP contribution in [0.2, 0.25) is 0 Å². The molecule has 11 aromatic rings. The van der Waals surface area contributed by atoms with E-state index < -0.39 is 23.6 Å². The maximum atomic E-state index is 15.4. The van der Waals surface area contributed by atoms with Gasteiger partial charge in [0.2, 0.25) is 0 Å². The molecule has 9 aromatic carbocycles. The summed E-state index contributed by atoms with van der Waals surface area (Å²) in [7, 11) is 6.26. The van der Waals surface area contributed by atoms with Crippen molar-refractivity contribution in [1.29, 1.82) is 0 Å². The molecule has 0 fully saturated rings. The highest BCUT2D eigenvalue weighted by atomic mass is 16.5. The molecule has 0 saturated heterocycles. The molecule has 0 unspecified atom stereocenters. The van der Waals surface area contributed by atoms with Crippen LogP contribution in [0.4, 0.5) is 0 Å². The van der Waals surface area contributed by atoms with Crippen LogP contribution in [0.3, 0.4) is 0 Å². The zero-order chi connectivity index (χ0) is 56.2. The van der Waals surface area contributed by atoms with E-state index in [-0.39, 0.29) is 58.3 Å². The summed E-state index contributed by atoms with van der Waals surface area (Å²) in [4.78, 5) is 72.5. The minimum Gasteiger partial charge on any atom is -0.497 e. The maximum Gasteiger partial charge on any atom is 0.261 e. The Morgan fingerprint density at radius 1 is 0.329 bits per heavy atom. The smallest absolute Gasteiger partial charge is 0.261 e. The van der Waals surface area contributed by atoms with Gasteiger partial charge in [-0.05, 0) is 134 Å². The van der Waals surface area contributed by atoms with Crippen molar-refractivity contribution in [3.05, 3.63) is 181 Å². The molecule has 0 aliphatic carbocycles. The fraction of sp³-hybridized carbons (Fsp3) is 0.156. The largest absolute Gasteiger partial charge is 0.497 e. The maximum absolute atomic E-state index is 15.4. The normalized spacial score (nSPS) is 13.0. The number of aromatic nitrogens is 4. The Balaban J connectivity index is 1.17. The SMILES string of the molecule is COc1ccc(Oc2cc3c4c(cc(Oc5ccc(OC)cc5)c5c6c(Oc7ccc(OC)cc7)cc7c8c(cc(Oc9ccc(OC)cc9)c(c2c45)c86)C(=O)N(CCCn2ccnc2)C7=O)C(=O)N(CCCn2ccnc2)C3=O)cc1. The van der Waals surface area contributed by atoms with E-state index in [1.807, 2.05) is 21.5 Å². The number of nitrogens with zero attached hydrogens (tertiary/aromatic N) is 6. The molecule has 2 aliphatic heterocycles. The molecule has 18 heteroatoms. The lowest BCUT2D eigenvalue weighted by atomic mass is 9.80. The summed E-state index contributed by atoms with van der Waals surface area (Å²) in [5.41, 5.74) is 0.714. The minimum absolute atomic E-state index is 0.0691. The average Bonchev–Trinajstić information content (AvgIpc) is 1.14. The number of imide groups is 2. The molecule has 408 valence electrons. The van der Waals surface area contributed by atoms with Crippen LogP contribution in [0.15, 0.2) is 159 Å². The number of methoxy groups -OCH3 is 4. The van der Waals surface area contributed by atoms with Crippen LogP contribution in [-0.2, 0) is 13.1 Å². The number of hydrogen-bond acceptors (Lipinski definition) is 14. The van der Waals surface area contributed by atoms with Crippen LogP contribution in [-0.4, -0.2) is 94.1 Å². The molecule has 0 bridgehead atoms. The van der Waals surface area contributed by atoms with Crippen LogP contribution < -0.4 is 37.9 Å². The van der Waals surface area contributed by atoms with Gasteiger partial charge in [0.1, 0.15) is 69.0 Å². The van der Waals surface area contributed by atoms with E-state index in [1.54, 1.807) is 175 Å². The molecule has 0 N–H and O–H groups in total. The molecular formula is C64H50N6O12. The average molecular weight is 1100 g/mol. The van der Waals surface area contributed by atoms with Gasteiger partial charge in [0.25, 0.3) is 23.6 Å². The van der Waals surface area contributed by atoms with E-state index in [4.69, 9.17) is 37.9 Å². The number of fused-ring (bicyclic) bond motifs is 2. The molecule has 13 rings (SSSR count). The summed E-state index contributed by atoms with van der Waals surface area (Å²) in [6.45, 7) is 1.11. The van der Waals surface area contributed by atoms with Crippen molar-refractivity contribution in [2.45, 2.75) is 25.9 Å². The van der Waals surface area contributed by atoms with Crippen LogP contribution in [0.5, 0.6) is 69.0 Å². The molecule has 0 saturated carbocycles. The Hall–Kier alpha value is -10.6. The lowest BCUT2D eigenvalue weighted by Gasteiger charge is -2.32. The fourth-order valence-corrected chi connectivity index (χ4v) is 11.1. The lowest BCUT2D eigenvalue weighted by molar-refractivity contribution is 0.0591. The van der Waals surface area contributed by atoms with E-state index in [2.05, 4.69) is 9.97 Å². The fourth-order valence-electron chi connectivity index (χ4n) is 11.1. The minimum atomic E-state index is -0.547. The number of amides is 4. The number of imidazole rings is 2. The van der Waals surface area contributed by atoms with Crippen molar-refractivity contribution in [2.75, 3.05) is 41.5 Å². The number of ether oxygens (including phenoxy) is 8. The van der Waals surface area contributed by atoms with Crippen molar-refractivity contribution in [1.82, 2.24) is 28.9 Å². The Morgan fingerprint density at radius 2 is 0.585 bits per heavy atom. The molecule has 0 radical (unpaired) electrons. The summed E-state index contributed by atoms with van der Waals surface area (Å²) in [5.74, 6) is 2.34. The first kappa shape index (κ1) is 50.9. The van der Waals surface area contributed by atoms with Crippen molar-refractivity contribution < 1.29 is 57.1 Å². The van der Waals surface area contributed by atoms with Gasteiger partial charge in [-0.1, -0.05) is 0 Å². The monoisotopic (exact) mass is 1090 g/mol. The van der Waals surface area contributed by atoms with E-state index in [0.717, 1.165) is 0 Å². The zero-order valence-electron chi connectivity index (χ0n) is 44.8. The van der Waals surface area contributed by atoms with Crippen molar-refractivity contribution >= 4 is 66.7 Å². The Morgan fingerprint density at radius 3 is 0.817 bits per heavy atom. The van der Waals surface area contributed by atoms with Crippen molar-refractivity contribution in [3.8, 4) is 69.0 Å². The molecule has 18 nitrogen and oxygen atoms in total. The van der Waals surface area contributed by atoms with Gasteiger partial charge in [0.15, 0.2) is 0 Å². The summed E-state index contributed by atoms with van der Waals surface area (Å²) in [6, 6.07) is 34.6. The molecule has 2 aliphatic rings. The molecular weight excluding hydrogens is 1040 g/mol. The van der Waals surface area contributed by atoms with Gasteiger partial charge in [-0.2, -0.15) is 0 Å². The van der Waals surface area contributed by atoms with E-state index in [1.165, 1.54) is 9.80 Å². The summed E-state index contributed by atoms with van der Waals surface area (Å²) < 4.78 is 54.1. The van der Waals surface area contributed by atoms with Gasteiger partial charge in [-0.25, -0.2) is 9.97 Å². The third-order valence-corrected chi connectivity index (χ3v) is 14.9. The third-order valence-electron chi connectivity index (χ3n) is 14.9. The first-order chi connectivity index (χ1) is 40.1. The van der Waals surface area contributed by atoms with E-state index >= 15 is 19.2 Å². The predicted octanol–water partition coefficient (Wildman–Crippen LogP) is 12.7. The van der Waals surface area contributed by atoms with E-state index in [9.17, 15) is 0 Å². The number of rotatable bonds is 20. The molecule has 82 heavy (non-hydrogen) atoms. The van der Waals surface area contributed by atoms with E-state index in [0.29, 0.717) is 115 Å². The Kier molecular flexibility index (Phi) is 12.9. The van der Waals surface area contributed by atoms with Crippen LogP contribution in [0, 0.1) is 0 Å². The summed E-state index contributed by atoms with van der Waals surface area (Å²) >= 11 is 0. The second-order valence-corrected chi connectivity index (χ2v) is 19.6. The molecule has 0 atom stereocenters. The van der Waals surface area contributed by atoms with Gasteiger partial charge in [-0.3, -0.25) is 29.0 Å². The van der Waals surface area contributed by atoms with Crippen molar-refractivity contribution in [3.63, 3.8) is 0 Å². The van der Waals surface area contributed by atoms with Crippen LogP contribution >= 0.6 is 0 Å². The van der Waals surface area contributed by atoms with Crippen LogP contribution in [0.25, 0.3) is 43.1 Å². The van der Waals surface area contributed by atoms with Gasteiger partial charge in [-0.15, -0.1) is 0 Å². The zero-order valence-corrected chi connectivity index (χ0v) is 44.8. The molecule has 0 spiro atoms. The first-order valence-electron chi connectivity index (χ1n) is 26.4. The second-order valence-electron chi connectivity index (χ2n) is 19.6. The Bertz CT molecular complexity index is 3780. The third kappa shape index (κ3) is 8.86. The number of carbonyl (C=O) groups excluding carboxylic acids is 4. The highest BCUT2D eigenvalue weighted by molar-refractivity contribution is 6.44. The van der Waals surface area contributed by atoms with Crippen molar-refractivity contribution in [2.24, 2.45) is 0 Å². The van der Waals surface area contributed by atoms with Gasteiger partial charge >= 0.3 is 0 Å². The first-order valence-corrected chi connectivity index (χ1v) is 26.4. The number of hydrogen-bond donors (Lipinski definition) is 0. The van der Waals surface area contributed by atoms with Gasteiger partial charge < -0.3 is 47.0 Å². The Labute approximate surface area is 468 Å². The highest BCUT2D eigenvalue weighted by Crippen LogP contribution is 2.58. The molecule has 2 aromatic heterocycles. The summed E-state index contributed by atoms with van der Waals surface area (Å²) in [5, 5.41) is 2.89. The second kappa shape index (κ2) is 20.9. The standard InChI is InChI=1S/C64H50N6O12/c1-75-37-7-15-41(16-8-37)79-49-31-45-53-46(62(72)69(61(45)71)27-5-25-67-29-23-65-35-67)33-51(81-43-19-11-39(77-3)12-20-43)57-58-52(82-44-21-13-40(78-4)14-22-44)34-48-54-47(63(73)70(64(48)74)28-6-26-68-30-24-66-36-68)32-50(56(60(54)58)55(49)59(53)57)80-42-17-9-38(76-2)10-18-42/h7-24,29-36H,5-6,25-28H2,1-4H3. The summed E-state index contributed by atoms with van der Waals surface area (Å²) in [6.07, 6.45) is 11.2. The molecule has 4 amide bonds. The lowest BCUT2D eigenvalue weighted by Crippen LogP contribution is -2.41. The molecule has 4 heterocycles. The van der Waals surface area contributed by atoms with Gasteiger partial charge in [0, 0.05) is 94.1 Å². The predicted molar refractivity (Wildman–Crippen MR) is 304 cm³/mol.